The van der Waals surface area contributed by atoms with Crippen molar-refractivity contribution in [1.82, 2.24) is 15.5 Å². The van der Waals surface area contributed by atoms with Crippen LogP contribution in [0.25, 0.3) is 11.4 Å². The molecule has 1 heterocycles. The van der Waals surface area contributed by atoms with Gasteiger partial charge in [0.15, 0.2) is 11.5 Å². The standard InChI is InChI=1S/C22H24F2N4O4/c1-13(2)26-19(29)10-14-4-7-16(8-5-14)25-12-20-27-21(28-32-20)15-6-9-17(31-22(23)24)18(11-15)30-3/h4-9,11,13,22,25H,10,12H2,1-3H3,(H,26,29). The van der Waals surface area contributed by atoms with E-state index < -0.39 is 6.61 Å². The second-order valence-electron chi connectivity index (χ2n) is 7.21. The van der Waals surface area contributed by atoms with Gasteiger partial charge in [0.05, 0.1) is 20.1 Å². The lowest BCUT2D eigenvalue weighted by Crippen LogP contribution is -2.31. The number of benzene rings is 2. The Labute approximate surface area is 183 Å². The maximum absolute atomic E-state index is 12.5. The van der Waals surface area contributed by atoms with Crippen LogP contribution in [-0.2, 0) is 17.8 Å². The van der Waals surface area contributed by atoms with Crippen LogP contribution < -0.4 is 20.1 Å². The number of anilines is 1. The Kier molecular flexibility index (Phi) is 7.58. The van der Waals surface area contributed by atoms with E-state index in [4.69, 9.17) is 9.26 Å². The van der Waals surface area contributed by atoms with Crippen LogP contribution in [0.2, 0.25) is 0 Å². The summed E-state index contributed by atoms with van der Waals surface area (Å²) in [6, 6.07) is 12.0. The first-order valence-corrected chi connectivity index (χ1v) is 9.92. The van der Waals surface area contributed by atoms with Gasteiger partial charge in [0, 0.05) is 17.3 Å². The highest BCUT2D eigenvalue weighted by Crippen LogP contribution is 2.32. The number of amides is 1. The van der Waals surface area contributed by atoms with E-state index in [9.17, 15) is 13.6 Å². The minimum Gasteiger partial charge on any atom is -0.493 e. The van der Waals surface area contributed by atoms with Crippen LogP contribution in [0.4, 0.5) is 14.5 Å². The van der Waals surface area contributed by atoms with Crippen LogP contribution in [0.3, 0.4) is 0 Å². The van der Waals surface area contributed by atoms with E-state index in [1.807, 2.05) is 38.1 Å². The summed E-state index contributed by atoms with van der Waals surface area (Å²) in [5, 5.41) is 9.94. The van der Waals surface area contributed by atoms with Crippen molar-refractivity contribution in [3.8, 4) is 22.9 Å². The Morgan fingerprint density at radius 1 is 1.12 bits per heavy atom. The van der Waals surface area contributed by atoms with Crippen LogP contribution in [-0.4, -0.2) is 35.8 Å². The van der Waals surface area contributed by atoms with Crippen LogP contribution in [0, 0.1) is 0 Å². The van der Waals surface area contributed by atoms with Crippen molar-refractivity contribution in [3.05, 3.63) is 53.9 Å². The molecule has 0 fully saturated rings. The summed E-state index contributed by atoms with van der Waals surface area (Å²) in [6.07, 6.45) is 0.316. The van der Waals surface area contributed by atoms with Gasteiger partial charge in [0.25, 0.3) is 0 Å². The minimum absolute atomic E-state index is 0.0236. The molecule has 10 heteroatoms. The summed E-state index contributed by atoms with van der Waals surface area (Å²) in [5.41, 5.74) is 2.26. The topological polar surface area (TPSA) is 98.5 Å². The molecular weight excluding hydrogens is 422 g/mol. The van der Waals surface area contributed by atoms with E-state index in [0.717, 1.165) is 11.3 Å². The fourth-order valence-electron chi connectivity index (χ4n) is 2.92. The number of aromatic nitrogens is 2. The second kappa shape index (κ2) is 10.6. The molecule has 0 bridgehead atoms. The number of carbonyl (C=O) groups is 1. The average molecular weight is 446 g/mol. The molecule has 32 heavy (non-hydrogen) atoms. The van der Waals surface area contributed by atoms with Crippen molar-refractivity contribution in [3.63, 3.8) is 0 Å². The largest absolute Gasteiger partial charge is 0.493 e. The molecule has 0 spiro atoms. The van der Waals surface area contributed by atoms with Crippen molar-refractivity contribution < 1.29 is 27.6 Å². The molecule has 0 saturated carbocycles. The highest BCUT2D eigenvalue weighted by atomic mass is 19.3. The van der Waals surface area contributed by atoms with Gasteiger partial charge in [-0.3, -0.25) is 4.79 Å². The highest BCUT2D eigenvalue weighted by molar-refractivity contribution is 5.78. The smallest absolute Gasteiger partial charge is 0.387 e. The molecule has 0 unspecified atom stereocenters. The third-order valence-corrected chi connectivity index (χ3v) is 4.32. The summed E-state index contributed by atoms with van der Waals surface area (Å²) in [6.45, 7) is 1.16. The molecule has 3 aromatic rings. The second-order valence-corrected chi connectivity index (χ2v) is 7.21. The van der Waals surface area contributed by atoms with Gasteiger partial charge >= 0.3 is 6.61 Å². The van der Waals surface area contributed by atoms with Crippen molar-refractivity contribution in [2.45, 2.75) is 39.5 Å². The van der Waals surface area contributed by atoms with Crippen LogP contribution in [0.1, 0.15) is 25.3 Å². The number of ether oxygens (including phenoxy) is 2. The molecule has 2 aromatic carbocycles. The Morgan fingerprint density at radius 2 is 1.88 bits per heavy atom. The Balaban J connectivity index is 1.59. The first kappa shape index (κ1) is 23.0. The summed E-state index contributed by atoms with van der Waals surface area (Å²) in [7, 11) is 1.35. The van der Waals surface area contributed by atoms with Crippen molar-refractivity contribution >= 4 is 11.6 Å². The van der Waals surface area contributed by atoms with Crippen LogP contribution in [0.5, 0.6) is 11.5 Å². The summed E-state index contributed by atoms with van der Waals surface area (Å²) in [4.78, 5) is 16.1. The number of rotatable bonds is 10. The predicted molar refractivity (Wildman–Crippen MR) is 114 cm³/mol. The van der Waals surface area contributed by atoms with E-state index in [1.165, 1.54) is 25.3 Å². The number of nitrogens with zero attached hydrogens (tertiary/aromatic N) is 2. The first-order valence-electron chi connectivity index (χ1n) is 9.92. The SMILES string of the molecule is COc1cc(-c2noc(CNc3ccc(CC(=O)NC(C)C)cc3)n2)ccc1OC(F)F. The highest BCUT2D eigenvalue weighted by Gasteiger charge is 2.15. The maximum atomic E-state index is 12.5. The zero-order valence-corrected chi connectivity index (χ0v) is 17.9. The van der Waals surface area contributed by atoms with Crippen molar-refractivity contribution in [2.24, 2.45) is 0 Å². The Morgan fingerprint density at radius 3 is 2.53 bits per heavy atom. The number of hydrogen-bond donors (Lipinski definition) is 2. The number of alkyl halides is 2. The van der Waals surface area contributed by atoms with E-state index >= 15 is 0 Å². The Hall–Kier alpha value is -3.69. The fourth-order valence-corrected chi connectivity index (χ4v) is 2.92. The monoisotopic (exact) mass is 446 g/mol. The lowest BCUT2D eigenvalue weighted by Gasteiger charge is -2.10. The lowest BCUT2D eigenvalue weighted by atomic mass is 10.1. The molecule has 0 aliphatic carbocycles. The number of carbonyl (C=O) groups excluding carboxylic acids is 1. The summed E-state index contributed by atoms with van der Waals surface area (Å²) < 4.78 is 39.7. The normalized spacial score (nSPS) is 11.0. The zero-order chi connectivity index (χ0) is 23.1. The van der Waals surface area contributed by atoms with Gasteiger partial charge in [-0.15, -0.1) is 0 Å². The first-order chi connectivity index (χ1) is 15.3. The predicted octanol–water partition coefficient (Wildman–Crippen LogP) is 4.03. The van der Waals surface area contributed by atoms with Crippen molar-refractivity contribution in [1.29, 1.82) is 0 Å². The molecule has 170 valence electrons. The molecule has 0 radical (unpaired) electrons. The lowest BCUT2D eigenvalue weighted by molar-refractivity contribution is -0.120. The molecule has 2 N–H and O–H groups in total. The van der Waals surface area contributed by atoms with Crippen LogP contribution in [0.15, 0.2) is 47.0 Å². The van der Waals surface area contributed by atoms with Gasteiger partial charge in [-0.2, -0.15) is 13.8 Å². The third kappa shape index (κ3) is 6.40. The summed E-state index contributed by atoms with van der Waals surface area (Å²) >= 11 is 0. The quantitative estimate of drug-likeness (QED) is 0.485. The van der Waals surface area contributed by atoms with Crippen molar-refractivity contribution in [2.75, 3.05) is 12.4 Å². The fraction of sp³-hybridized carbons (Fsp3) is 0.318. The van der Waals surface area contributed by atoms with Gasteiger partial charge in [-0.05, 0) is 49.7 Å². The number of methoxy groups -OCH3 is 1. The minimum atomic E-state index is -2.95. The van der Waals surface area contributed by atoms with Gasteiger partial charge in [0.2, 0.25) is 17.6 Å². The van der Waals surface area contributed by atoms with E-state index in [-0.39, 0.29) is 35.8 Å². The maximum Gasteiger partial charge on any atom is 0.387 e. The van der Waals surface area contributed by atoms with Gasteiger partial charge in [0.1, 0.15) is 0 Å². The third-order valence-electron chi connectivity index (χ3n) is 4.32. The average Bonchev–Trinajstić information content (AvgIpc) is 3.21. The molecule has 8 nitrogen and oxygen atoms in total. The number of halogens is 2. The van der Waals surface area contributed by atoms with E-state index in [0.29, 0.717) is 17.9 Å². The molecule has 1 amide bonds. The molecular formula is C22H24F2N4O4. The number of nitrogens with one attached hydrogen (secondary N) is 2. The molecule has 0 aliphatic heterocycles. The molecule has 0 saturated heterocycles. The van der Waals surface area contributed by atoms with E-state index in [1.54, 1.807) is 0 Å². The zero-order valence-electron chi connectivity index (χ0n) is 17.9. The van der Waals surface area contributed by atoms with Crippen LogP contribution >= 0.6 is 0 Å². The molecule has 3 rings (SSSR count). The molecule has 0 aliphatic rings. The Bertz CT molecular complexity index is 1040. The van der Waals surface area contributed by atoms with Gasteiger partial charge in [-0.1, -0.05) is 17.3 Å². The van der Waals surface area contributed by atoms with E-state index in [2.05, 4.69) is 25.5 Å². The van der Waals surface area contributed by atoms with Gasteiger partial charge in [-0.25, -0.2) is 0 Å². The molecule has 0 atom stereocenters. The molecule has 1 aromatic heterocycles. The summed E-state index contributed by atoms with van der Waals surface area (Å²) in [5.74, 6) is 0.656. The van der Waals surface area contributed by atoms with Gasteiger partial charge < -0.3 is 24.6 Å². The number of hydrogen-bond acceptors (Lipinski definition) is 7.